The second-order valence-corrected chi connectivity index (χ2v) is 6.01. The fourth-order valence-electron chi connectivity index (χ4n) is 2.51. The number of amides is 1. The zero-order chi connectivity index (χ0) is 20.5. The lowest BCUT2D eigenvalue weighted by atomic mass is 10.1. The molecule has 0 saturated carbocycles. The Labute approximate surface area is 162 Å². The number of carbonyl (C=O) groups excluding carboxylic acids is 2. The van der Waals surface area contributed by atoms with E-state index < -0.39 is 23.4 Å². The number of nitrogens with one attached hydrogen (secondary N) is 1. The monoisotopic (exact) mass is 386 g/mol. The van der Waals surface area contributed by atoms with Crippen molar-refractivity contribution in [1.29, 1.82) is 0 Å². The predicted octanol–water partition coefficient (Wildman–Crippen LogP) is 3.42. The lowest BCUT2D eigenvalue weighted by Crippen LogP contribution is -2.21. The predicted molar refractivity (Wildman–Crippen MR) is 103 cm³/mol. The average Bonchev–Trinajstić information content (AvgIpc) is 2.67. The van der Waals surface area contributed by atoms with Crippen molar-refractivity contribution >= 4 is 23.3 Å². The molecule has 0 fully saturated rings. The molecule has 0 atom stereocenters. The molecule has 0 saturated heterocycles. The van der Waals surface area contributed by atoms with E-state index in [0.29, 0.717) is 24.3 Å². The Hall–Kier alpha value is -3.42. The standard InChI is InChI=1S/C20H22N2O6/c1-3-27-18-7-5-4-6-15(18)9-11-20(24)28-13-19(23)21-17-12-16(22(25)26)10-8-14(17)2/h4-8,10,12H,3,9,11,13H2,1-2H3,(H,21,23). The third-order valence-corrected chi connectivity index (χ3v) is 3.94. The van der Waals surface area contributed by atoms with E-state index in [1.807, 2.05) is 31.2 Å². The Kier molecular flexibility index (Phi) is 7.50. The van der Waals surface area contributed by atoms with Crippen LogP contribution in [0.25, 0.3) is 0 Å². The van der Waals surface area contributed by atoms with E-state index in [-0.39, 0.29) is 12.1 Å². The van der Waals surface area contributed by atoms with Gasteiger partial charge in [0.2, 0.25) is 0 Å². The third kappa shape index (κ3) is 6.08. The molecular formula is C20H22N2O6. The summed E-state index contributed by atoms with van der Waals surface area (Å²) in [4.78, 5) is 34.2. The first kappa shape index (κ1) is 20.9. The van der Waals surface area contributed by atoms with Crippen LogP contribution in [0.1, 0.15) is 24.5 Å². The molecule has 2 rings (SSSR count). The van der Waals surface area contributed by atoms with Crippen molar-refractivity contribution in [2.75, 3.05) is 18.5 Å². The first-order valence-electron chi connectivity index (χ1n) is 8.82. The Morgan fingerprint density at radius 2 is 1.93 bits per heavy atom. The van der Waals surface area contributed by atoms with Crippen molar-refractivity contribution in [3.8, 4) is 5.75 Å². The van der Waals surface area contributed by atoms with Gasteiger partial charge in [-0.25, -0.2) is 0 Å². The largest absolute Gasteiger partial charge is 0.494 e. The Morgan fingerprint density at radius 3 is 2.64 bits per heavy atom. The van der Waals surface area contributed by atoms with Crippen molar-refractivity contribution in [1.82, 2.24) is 0 Å². The molecule has 28 heavy (non-hydrogen) atoms. The van der Waals surface area contributed by atoms with Gasteiger partial charge in [-0.3, -0.25) is 19.7 Å². The van der Waals surface area contributed by atoms with Crippen LogP contribution in [0.4, 0.5) is 11.4 Å². The minimum absolute atomic E-state index is 0.104. The van der Waals surface area contributed by atoms with Gasteiger partial charge in [0, 0.05) is 18.6 Å². The van der Waals surface area contributed by atoms with E-state index in [1.54, 1.807) is 6.92 Å². The van der Waals surface area contributed by atoms with Crippen LogP contribution >= 0.6 is 0 Å². The number of rotatable bonds is 9. The number of para-hydroxylation sites is 1. The molecule has 0 spiro atoms. The van der Waals surface area contributed by atoms with Crippen molar-refractivity contribution in [2.45, 2.75) is 26.7 Å². The minimum atomic E-state index is -0.563. The highest BCUT2D eigenvalue weighted by molar-refractivity contribution is 5.93. The maximum absolute atomic E-state index is 12.0. The lowest BCUT2D eigenvalue weighted by Gasteiger charge is -2.10. The smallest absolute Gasteiger partial charge is 0.306 e. The van der Waals surface area contributed by atoms with E-state index in [4.69, 9.17) is 9.47 Å². The molecule has 0 bridgehead atoms. The fraction of sp³-hybridized carbons (Fsp3) is 0.300. The van der Waals surface area contributed by atoms with Crippen molar-refractivity contribution < 1.29 is 24.0 Å². The summed E-state index contributed by atoms with van der Waals surface area (Å²) in [5, 5.41) is 13.4. The molecule has 8 heteroatoms. The van der Waals surface area contributed by atoms with Gasteiger partial charge in [-0.2, -0.15) is 0 Å². The highest BCUT2D eigenvalue weighted by atomic mass is 16.6. The number of anilines is 1. The van der Waals surface area contributed by atoms with Crippen LogP contribution in [0.15, 0.2) is 42.5 Å². The molecular weight excluding hydrogens is 364 g/mol. The van der Waals surface area contributed by atoms with Gasteiger partial charge in [-0.1, -0.05) is 24.3 Å². The summed E-state index contributed by atoms with van der Waals surface area (Å²) in [5.74, 6) is -0.361. The minimum Gasteiger partial charge on any atom is -0.494 e. The number of ether oxygens (including phenoxy) is 2. The van der Waals surface area contributed by atoms with Crippen LogP contribution in [-0.4, -0.2) is 30.0 Å². The molecule has 1 amide bonds. The van der Waals surface area contributed by atoms with Crippen LogP contribution in [0, 0.1) is 17.0 Å². The Bertz CT molecular complexity index is 866. The molecule has 0 heterocycles. The summed E-state index contributed by atoms with van der Waals surface area (Å²) in [5.41, 5.74) is 1.72. The number of aryl methyl sites for hydroxylation is 2. The quantitative estimate of drug-likeness (QED) is 0.402. The molecule has 0 aliphatic carbocycles. The number of hydrogen-bond acceptors (Lipinski definition) is 6. The molecule has 8 nitrogen and oxygen atoms in total. The van der Waals surface area contributed by atoms with E-state index >= 15 is 0 Å². The van der Waals surface area contributed by atoms with Crippen LogP contribution in [0.5, 0.6) is 5.75 Å². The number of esters is 1. The second kappa shape index (κ2) is 10.1. The summed E-state index contributed by atoms with van der Waals surface area (Å²) >= 11 is 0. The number of nitro benzene ring substituents is 1. The third-order valence-electron chi connectivity index (χ3n) is 3.94. The average molecular weight is 386 g/mol. The zero-order valence-corrected chi connectivity index (χ0v) is 15.8. The fourth-order valence-corrected chi connectivity index (χ4v) is 2.51. The normalized spacial score (nSPS) is 10.2. The molecule has 148 valence electrons. The van der Waals surface area contributed by atoms with Gasteiger partial charge in [0.1, 0.15) is 5.75 Å². The first-order valence-corrected chi connectivity index (χ1v) is 8.82. The molecule has 0 aliphatic heterocycles. The number of hydrogen-bond donors (Lipinski definition) is 1. The van der Waals surface area contributed by atoms with E-state index in [9.17, 15) is 19.7 Å². The Balaban J connectivity index is 1.84. The summed E-state index contributed by atoms with van der Waals surface area (Å²) in [6.45, 7) is 3.65. The second-order valence-electron chi connectivity index (χ2n) is 6.01. The lowest BCUT2D eigenvalue weighted by molar-refractivity contribution is -0.384. The number of nitrogens with zero attached hydrogens (tertiary/aromatic N) is 1. The highest BCUT2D eigenvalue weighted by Gasteiger charge is 2.13. The van der Waals surface area contributed by atoms with Crippen molar-refractivity contribution in [3.05, 3.63) is 63.7 Å². The van der Waals surface area contributed by atoms with E-state index in [2.05, 4.69) is 5.32 Å². The molecule has 0 aliphatic rings. The molecule has 0 aromatic heterocycles. The van der Waals surface area contributed by atoms with Crippen molar-refractivity contribution in [2.24, 2.45) is 0 Å². The van der Waals surface area contributed by atoms with Crippen LogP contribution in [-0.2, 0) is 20.7 Å². The van der Waals surface area contributed by atoms with E-state index in [0.717, 1.165) is 11.3 Å². The van der Waals surface area contributed by atoms with Gasteiger partial charge in [0.25, 0.3) is 11.6 Å². The van der Waals surface area contributed by atoms with Gasteiger partial charge in [0.15, 0.2) is 6.61 Å². The van der Waals surface area contributed by atoms with Gasteiger partial charge >= 0.3 is 5.97 Å². The summed E-state index contributed by atoms with van der Waals surface area (Å²) in [7, 11) is 0. The van der Waals surface area contributed by atoms with Crippen LogP contribution in [0.3, 0.4) is 0 Å². The number of nitro groups is 1. The highest BCUT2D eigenvalue weighted by Crippen LogP contribution is 2.22. The Morgan fingerprint density at radius 1 is 1.18 bits per heavy atom. The maximum Gasteiger partial charge on any atom is 0.306 e. The summed E-state index contributed by atoms with van der Waals surface area (Å²) in [6.07, 6.45) is 0.536. The van der Waals surface area contributed by atoms with Crippen molar-refractivity contribution in [3.63, 3.8) is 0 Å². The van der Waals surface area contributed by atoms with Gasteiger partial charge in [0.05, 0.1) is 17.2 Å². The molecule has 2 aromatic rings. The number of non-ortho nitro benzene ring substituents is 1. The van der Waals surface area contributed by atoms with Crippen LogP contribution < -0.4 is 10.1 Å². The molecule has 2 aromatic carbocycles. The number of benzene rings is 2. The van der Waals surface area contributed by atoms with Gasteiger partial charge < -0.3 is 14.8 Å². The van der Waals surface area contributed by atoms with Gasteiger partial charge in [-0.15, -0.1) is 0 Å². The summed E-state index contributed by atoms with van der Waals surface area (Å²) in [6, 6.07) is 11.6. The maximum atomic E-state index is 12.0. The summed E-state index contributed by atoms with van der Waals surface area (Å²) < 4.78 is 10.5. The molecule has 1 N–H and O–H groups in total. The topological polar surface area (TPSA) is 108 Å². The zero-order valence-electron chi connectivity index (χ0n) is 15.8. The van der Waals surface area contributed by atoms with E-state index in [1.165, 1.54) is 18.2 Å². The van der Waals surface area contributed by atoms with Gasteiger partial charge in [-0.05, 0) is 37.5 Å². The molecule has 0 unspecified atom stereocenters. The van der Waals surface area contributed by atoms with Crippen LogP contribution in [0.2, 0.25) is 0 Å². The molecule has 0 radical (unpaired) electrons. The SMILES string of the molecule is CCOc1ccccc1CCC(=O)OCC(=O)Nc1cc([N+](=O)[O-])ccc1C. The first-order chi connectivity index (χ1) is 13.4. The number of carbonyl (C=O) groups is 2.